The molecule has 2 aromatic carbocycles. The van der Waals surface area contributed by atoms with Crippen molar-refractivity contribution < 1.29 is 5.11 Å². The van der Waals surface area contributed by atoms with Gasteiger partial charge in [-0.2, -0.15) is 0 Å². The molecule has 2 heterocycles. The largest absolute Gasteiger partial charge is 0.396 e. The van der Waals surface area contributed by atoms with E-state index in [1.165, 1.54) is 6.42 Å². The van der Waals surface area contributed by atoms with Gasteiger partial charge in [0, 0.05) is 30.3 Å². The van der Waals surface area contributed by atoms with Crippen molar-refractivity contribution in [2.24, 2.45) is 11.3 Å². The molecule has 6 heteroatoms. The highest BCUT2D eigenvalue weighted by Gasteiger charge is 2.32. The minimum atomic E-state index is -0.0464. The average Bonchev–Trinajstić information content (AvgIpc) is 3.26. The number of hydrogen-bond acceptors (Lipinski definition) is 4. The highest BCUT2D eigenvalue weighted by atomic mass is 35.5. The molecule has 1 N–H and O–H groups in total. The maximum atomic E-state index is 9.74. The molecular formula is C25H31ClN4O. The van der Waals surface area contributed by atoms with E-state index < -0.39 is 0 Å². The number of hydrogen-bond donors (Lipinski definition) is 1. The van der Waals surface area contributed by atoms with Gasteiger partial charge in [0.05, 0.1) is 11.9 Å². The molecule has 5 nitrogen and oxygen atoms in total. The Morgan fingerprint density at radius 1 is 1.19 bits per heavy atom. The van der Waals surface area contributed by atoms with Gasteiger partial charge in [-0.25, -0.2) is 4.68 Å². The number of piperidine rings is 1. The molecule has 1 aliphatic heterocycles. The number of halogens is 1. The van der Waals surface area contributed by atoms with E-state index in [4.69, 9.17) is 11.6 Å². The second kappa shape index (κ2) is 9.11. The van der Waals surface area contributed by atoms with E-state index in [9.17, 15) is 5.11 Å². The number of likely N-dealkylation sites (tertiary alicyclic amines) is 1. The Labute approximate surface area is 189 Å². The molecule has 0 radical (unpaired) electrons. The standard InChI is InChI=1S/C25H31ClN4O/c1-18-7-4-5-9-24(18)30-16-23(27-28-30)19-10-11-20(22(26)13-19)14-29-12-6-8-21(15-29)25(2,3)17-31/h4-5,7,9-11,13,16,21,31H,6,8,12,14-15,17H2,1-3H3/t21-/m0/s1. The molecule has 1 saturated heterocycles. The lowest BCUT2D eigenvalue weighted by Crippen LogP contribution is -2.42. The Kier molecular flexibility index (Phi) is 6.47. The molecule has 0 bridgehead atoms. The Balaban J connectivity index is 1.48. The summed E-state index contributed by atoms with van der Waals surface area (Å²) in [6.45, 7) is 9.50. The average molecular weight is 439 g/mol. The van der Waals surface area contributed by atoms with Gasteiger partial charge in [-0.05, 0) is 60.9 Å². The quantitative estimate of drug-likeness (QED) is 0.579. The van der Waals surface area contributed by atoms with Crippen LogP contribution in [-0.2, 0) is 6.54 Å². The van der Waals surface area contributed by atoms with Gasteiger partial charge in [0.25, 0.3) is 0 Å². The highest BCUT2D eigenvalue weighted by Crippen LogP contribution is 2.34. The van der Waals surface area contributed by atoms with Gasteiger partial charge in [0.2, 0.25) is 0 Å². The fourth-order valence-electron chi connectivity index (χ4n) is 4.38. The molecule has 164 valence electrons. The maximum Gasteiger partial charge on any atom is 0.113 e. The van der Waals surface area contributed by atoms with Crippen LogP contribution in [0.25, 0.3) is 16.9 Å². The fraction of sp³-hybridized carbons (Fsp3) is 0.440. The van der Waals surface area contributed by atoms with Gasteiger partial charge in [-0.1, -0.05) is 61.0 Å². The maximum absolute atomic E-state index is 9.74. The Morgan fingerprint density at radius 3 is 2.74 bits per heavy atom. The summed E-state index contributed by atoms with van der Waals surface area (Å²) in [5.41, 5.74) is 5.02. The lowest BCUT2D eigenvalue weighted by atomic mass is 9.75. The summed E-state index contributed by atoms with van der Waals surface area (Å²) in [5.74, 6) is 0.501. The molecule has 0 aliphatic carbocycles. The SMILES string of the molecule is Cc1ccccc1-n1cc(-c2ccc(CN3CCC[C@H](C(C)(C)CO)C3)c(Cl)c2)nn1. The Morgan fingerprint density at radius 2 is 2.00 bits per heavy atom. The summed E-state index contributed by atoms with van der Waals surface area (Å²) in [7, 11) is 0. The lowest BCUT2D eigenvalue weighted by Gasteiger charge is -2.40. The third-order valence-corrected chi connectivity index (χ3v) is 6.97. The van der Waals surface area contributed by atoms with Crippen LogP contribution < -0.4 is 0 Å². The zero-order valence-electron chi connectivity index (χ0n) is 18.6. The van der Waals surface area contributed by atoms with Gasteiger partial charge in [0.15, 0.2) is 0 Å². The number of para-hydroxylation sites is 1. The summed E-state index contributed by atoms with van der Waals surface area (Å²) in [4.78, 5) is 2.46. The van der Waals surface area contributed by atoms with Crippen molar-refractivity contribution in [2.45, 2.75) is 40.2 Å². The second-order valence-corrected chi connectivity index (χ2v) is 9.77. The number of aliphatic hydroxyl groups is 1. The van der Waals surface area contributed by atoms with E-state index in [0.717, 1.165) is 59.1 Å². The van der Waals surface area contributed by atoms with Crippen molar-refractivity contribution in [3.63, 3.8) is 0 Å². The van der Waals surface area contributed by atoms with Crippen LogP contribution in [0, 0.1) is 18.3 Å². The molecule has 0 spiro atoms. The van der Waals surface area contributed by atoms with Crippen LogP contribution in [0.15, 0.2) is 48.7 Å². The molecule has 1 fully saturated rings. The minimum absolute atomic E-state index is 0.0464. The molecular weight excluding hydrogens is 408 g/mol. The summed E-state index contributed by atoms with van der Waals surface area (Å²) in [6, 6.07) is 14.3. The molecule has 4 rings (SSSR count). The first-order valence-corrected chi connectivity index (χ1v) is 11.4. The molecule has 0 unspecified atom stereocenters. The topological polar surface area (TPSA) is 54.2 Å². The lowest BCUT2D eigenvalue weighted by molar-refractivity contribution is 0.0382. The third kappa shape index (κ3) is 4.84. The molecule has 1 aliphatic rings. The number of nitrogens with zero attached hydrogens (tertiary/aromatic N) is 4. The van der Waals surface area contributed by atoms with E-state index >= 15 is 0 Å². The van der Waals surface area contributed by atoms with E-state index in [-0.39, 0.29) is 12.0 Å². The van der Waals surface area contributed by atoms with E-state index in [1.54, 1.807) is 0 Å². The summed E-state index contributed by atoms with van der Waals surface area (Å²) >= 11 is 6.68. The van der Waals surface area contributed by atoms with E-state index in [0.29, 0.717) is 5.92 Å². The molecule has 3 aromatic rings. The predicted octanol–water partition coefficient (Wildman–Crippen LogP) is 5.13. The van der Waals surface area contributed by atoms with E-state index in [1.807, 2.05) is 35.1 Å². The van der Waals surface area contributed by atoms with Crippen molar-refractivity contribution in [3.8, 4) is 16.9 Å². The first-order valence-electron chi connectivity index (χ1n) is 11.0. The van der Waals surface area contributed by atoms with Crippen molar-refractivity contribution in [3.05, 3.63) is 64.8 Å². The van der Waals surface area contributed by atoms with Crippen LogP contribution in [-0.4, -0.2) is 44.7 Å². The molecule has 0 amide bonds. The number of aliphatic hydroxyl groups excluding tert-OH is 1. The monoisotopic (exact) mass is 438 g/mol. The minimum Gasteiger partial charge on any atom is -0.396 e. The summed E-state index contributed by atoms with van der Waals surface area (Å²) in [5, 5.41) is 19.2. The van der Waals surface area contributed by atoms with Crippen LogP contribution in [0.3, 0.4) is 0 Å². The van der Waals surface area contributed by atoms with Gasteiger partial charge in [0.1, 0.15) is 5.69 Å². The molecule has 1 atom stereocenters. The fourth-order valence-corrected chi connectivity index (χ4v) is 4.62. The molecule has 1 aromatic heterocycles. The van der Waals surface area contributed by atoms with Crippen LogP contribution in [0.1, 0.15) is 37.8 Å². The normalized spacial score (nSPS) is 17.8. The molecule has 31 heavy (non-hydrogen) atoms. The zero-order chi connectivity index (χ0) is 22.0. The number of aromatic nitrogens is 3. The number of rotatable bonds is 6. The van der Waals surface area contributed by atoms with Crippen LogP contribution in [0.5, 0.6) is 0 Å². The summed E-state index contributed by atoms with van der Waals surface area (Å²) < 4.78 is 1.81. The number of benzene rings is 2. The smallest absolute Gasteiger partial charge is 0.113 e. The summed E-state index contributed by atoms with van der Waals surface area (Å²) in [6.07, 6.45) is 4.28. The first kappa shape index (κ1) is 22.0. The zero-order valence-corrected chi connectivity index (χ0v) is 19.3. The van der Waals surface area contributed by atoms with Gasteiger partial charge in [-0.3, -0.25) is 4.90 Å². The van der Waals surface area contributed by atoms with Crippen molar-refractivity contribution >= 4 is 11.6 Å². The van der Waals surface area contributed by atoms with Crippen molar-refractivity contribution in [1.82, 2.24) is 19.9 Å². The Hall–Kier alpha value is -2.21. The van der Waals surface area contributed by atoms with Gasteiger partial charge < -0.3 is 5.11 Å². The van der Waals surface area contributed by atoms with Crippen LogP contribution >= 0.6 is 11.6 Å². The Bertz CT molecular complexity index is 1050. The van der Waals surface area contributed by atoms with Gasteiger partial charge >= 0.3 is 0 Å². The first-order chi connectivity index (χ1) is 14.9. The highest BCUT2D eigenvalue weighted by molar-refractivity contribution is 6.31. The van der Waals surface area contributed by atoms with Crippen molar-refractivity contribution in [2.75, 3.05) is 19.7 Å². The number of aryl methyl sites for hydroxylation is 1. The van der Waals surface area contributed by atoms with Crippen LogP contribution in [0.4, 0.5) is 0 Å². The van der Waals surface area contributed by atoms with Crippen LogP contribution in [0.2, 0.25) is 5.02 Å². The molecule has 0 saturated carbocycles. The van der Waals surface area contributed by atoms with Crippen molar-refractivity contribution in [1.29, 1.82) is 0 Å². The second-order valence-electron chi connectivity index (χ2n) is 9.36. The third-order valence-electron chi connectivity index (χ3n) is 6.62. The predicted molar refractivity (Wildman–Crippen MR) is 125 cm³/mol. The van der Waals surface area contributed by atoms with Gasteiger partial charge in [-0.15, -0.1) is 5.10 Å². The van der Waals surface area contributed by atoms with E-state index in [2.05, 4.69) is 54.2 Å².